The number of halogens is 3. The van der Waals surface area contributed by atoms with Crippen LogP contribution in [0.2, 0.25) is 0 Å². The highest BCUT2D eigenvalue weighted by atomic mass is 79.9. The lowest BCUT2D eigenvalue weighted by Gasteiger charge is -2.12. The van der Waals surface area contributed by atoms with Crippen LogP contribution in [0.3, 0.4) is 0 Å². The van der Waals surface area contributed by atoms with E-state index in [2.05, 4.69) is 21.2 Å². The van der Waals surface area contributed by atoms with Crippen molar-refractivity contribution in [3.63, 3.8) is 0 Å². The van der Waals surface area contributed by atoms with Gasteiger partial charge in [-0.3, -0.25) is 0 Å². The smallest absolute Gasteiger partial charge is 0.159 e. The highest BCUT2D eigenvalue weighted by Crippen LogP contribution is 2.22. The molecule has 0 fully saturated rings. The molecule has 3 N–H and O–H groups in total. The van der Waals surface area contributed by atoms with Crippen LogP contribution in [-0.4, -0.2) is 4.99 Å². The first kappa shape index (κ1) is 14.9. The molecule has 0 unspecified atom stereocenters. The van der Waals surface area contributed by atoms with Crippen molar-refractivity contribution in [1.82, 2.24) is 0 Å². The maximum atomic E-state index is 13.1. The quantitative estimate of drug-likeness (QED) is 0.814. The number of thiocarbonyl (C=S) groups is 1. The molecule has 0 saturated carbocycles. The van der Waals surface area contributed by atoms with Gasteiger partial charge < -0.3 is 11.1 Å². The fourth-order valence-electron chi connectivity index (χ4n) is 1.72. The number of benzene rings is 2. The number of anilines is 1. The topological polar surface area (TPSA) is 38.0 Å². The van der Waals surface area contributed by atoms with Crippen molar-refractivity contribution in [3.05, 3.63) is 63.6 Å². The molecule has 20 heavy (non-hydrogen) atoms. The SMILES string of the molecule is NC(=S)c1ccc(Br)cc1NCc1ccc(F)c(F)c1. The Morgan fingerprint density at radius 2 is 1.90 bits per heavy atom. The van der Waals surface area contributed by atoms with Crippen LogP contribution in [-0.2, 0) is 6.54 Å². The lowest BCUT2D eigenvalue weighted by molar-refractivity contribution is 0.507. The van der Waals surface area contributed by atoms with Gasteiger partial charge in [0.05, 0.1) is 0 Å². The van der Waals surface area contributed by atoms with Crippen molar-refractivity contribution in [2.75, 3.05) is 5.32 Å². The molecular formula is C14H11BrF2N2S. The minimum Gasteiger partial charge on any atom is -0.389 e. The molecule has 0 saturated heterocycles. The summed E-state index contributed by atoms with van der Waals surface area (Å²) in [7, 11) is 0. The first-order valence-electron chi connectivity index (χ1n) is 5.74. The van der Waals surface area contributed by atoms with Gasteiger partial charge in [0.15, 0.2) is 11.6 Å². The Bertz CT molecular complexity index is 662. The molecule has 2 aromatic carbocycles. The van der Waals surface area contributed by atoms with Crippen LogP contribution in [0, 0.1) is 11.6 Å². The van der Waals surface area contributed by atoms with E-state index in [0.29, 0.717) is 17.7 Å². The molecular weight excluding hydrogens is 346 g/mol. The summed E-state index contributed by atoms with van der Waals surface area (Å²) in [6.45, 7) is 0.337. The largest absolute Gasteiger partial charge is 0.389 e. The molecule has 2 aromatic rings. The van der Waals surface area contributed by atoms with E-state index in [1.807, 2.05) is 12.1 Å². The number of rotatable bonds is 4. The van der Waals surface area contributed by atoms with Gasteiger partial charge in [-0.25, -0.2) is 8.78 Å². The third-order valence-electron chi connectivity index (χ3n) is 2.71. The zero-order valence-corrected chi connectivity index (χ0v) is 12.7. The maximum absolute atomic E-state index is 13.1. The minimum absolute atomic E-state index is 0.269. The molecule has 0 amide bonds. The van der Waals surface area contributed by atoms with E-state index in [4.69, 9.17) is 18.0 Å². The van der Waals surface area contributed by atoms with Crippen LogP contribution in [0.4, 0.5) is 14.5 Å². The first-order valence-corrected chi connectivity index (χ1v) is 6.94. The predicted octanol–water partition coefficient (Wildman–Crippen LogP) is 3.97. The molecule has 0 aliphatic carbocycles. The van der Waals surface area contributed by atoms with Gasteiger partial charge >= 0.3 is 0 Å². The number of nitrogens with two attached hydrogens (primary N) is 1. The van der Waals surface area contributed by atoms with Crippen molar-refractivity contribution < 1.29 is 8.78 Å². The fourth-order valence-corrected chi connectivity index (χ4v) is 2.26. The Balaban J connectivity index is 2.20. The maximum Gasteiger partial charge on any atom is 0.159 e. The van der Waals surface area contributed by atoms with Gasteiger partial charge in [-0.05, 0) is 35.9 Å². The van der Waals surface area contributed by atoms with Crippen LogP contribution in [0.25, 0.3) is 0 Å². The third-order valence-corrected chi connectivity index (χ3v) is 3.43. The van der Waals surface area contributed by atoms with Crippen molar-refractivity contribution in [2.24, 2.45) is 5.73 Å². The van der Waals surface area contributed by atoms with Crippen molar-refractivity contribution in [2.45, 2.75) is 6.54 Å². The summed E-state index contributed by atoms with van der Waals surface area (Å²) in [5, 5.41) is 3.11. The van der Waals surface area contributed by atoms with Gasteiger partial charge in [-0.15, -0.1) is 0 Å². The second-order valence-corrected chi connectivity index (χ2v) is 5.51. The molecule has 0 aliphatic heterocycles. The first-order chi connectivity index (χ1) is 9.47. The molecule has 0 heterocycles. The van der Waals surface area contributed by atoms with Crippen molar-refractivity contribution >= 4 is 38.8 Å². The molecule has 104 valence electrons. The standard InChI is InChI=1S/C14H11BrF2N2S/c15-9-2-3-10(14(18)20)13(6-9)19-7-8-1-4-11(16)12(17)5-8/h1-6,19H,7H2,(H2,18,20). The number of hydrogen-bond acceptors (Lipinski definition) is 2. The van der Waals surface area contributed by atoms with E-state index in [-0.39, 0.29) is 4.99 Å². The fraction of sp³-hybridized carbons (Fsp3) is 0.0714. The molecule has 0 aromatic heterocycles. The average molecular weight is 357 g/mol. The summed E-state index contributed by atoms with van der Waals surface area (Å²) in [5.74, 6) is -1.73. The normalized spacial score (nSPS) is 10.3. The molecule has 2 nitrogen and oxygen atoms in total. The van der Waals surface area contributed by atoms with E-state index in [1.54, 1.807) is 6.07 Å². The van der Waals surface area contributed by atoms with Gasteiger partial charge in [0.1, 0.15) is 4.99 Å². The Labute approximate surface area is 129 Å². The Morgan fingerprint density at radius 3 is 2.55 bits per heavy atom. The molecule has 0 spiro atoms. The molecule has 2 rings (SSSR count). The summed E-state index contributed by atoms with van der Waals surface area (Å²) >= 11 is 8.33. The van der Waals surface area contributed by atoms with E-state index in [9.17, 15) is 8.78 Å². The van der Waals surface area contributed by atoms with Gasteiger partial charge in [-0.1, -0.05) is 34.2 Å². The van der Waals surface area contributed by atoms with Gasteiger partial charge in [0.2, 0.25) is 0 Å². The minimum atomic E-state index is -0.867. The van der Waals surface area contributed by atoms with Gasteiger partial charge in [0.25, 0.3) is 0 Å². The number of hydrogen-bond donors (Lipinski definition) is 2. The Hall–Kier alpha value is -1.53. The van der Waals surface area contributed by atoms with E-state index < -0.39 is 11.6 Å². The molecule has 0 aliphatic rings. The highest BCUT2D eigenvalue weighted by Gasteiger charge is 2.07. The number of nitrogens with one attached hydrogen (secondary N) is 1. The van der Waals surface area contributed by atoms with Crippen molar-refractivity contribution in [3.8, 4) is 0 Å². The highest BCUT2D eigenvalue weighted by molar-refractivity contribution is 9.10. The zero-order chi connectivity index (χ0) is 14.7. The van der Waals surface area contributed by atoms with Crippen LogP contribution in [0.1, 0.15) is 11.1 Å². The predicted molar refractivity (Wildman–Crippen MR) is 83.7 cm³/mol. The summed E-state index contributed by atoms with van der Waals surface area (Å²) < 4.78 is 26.8. The van der Waals surface area contributed by atoms with Gasteiger partial charge in [0, 0.05) is 22.3 Å². The zero-order valence-electron chi connectivity index (χ0n) is 10.3. The summed E-state index contributed by atoms with van der Waals surface area (Å²) in [6, 6.07) is 9.22. The third kappa shape index (κ3) is 3.52. The van der Waals surface area contributed by atoms with E-state index >= 15 is 0 Å². The molecule has 6 heteroatoms. The Kier molecular flexibility index (Phi) is 4.67. The molecule has 0 radical (unpaired) electrons. The van der Waals surface area contributed by atoms with Gasteiger partial charge in [-0.2, -0.15) is 0 Å². The van der Waals surface area contributed by atoms with Crippen LogP contribution >= 0.6 is 28.1 Å². The van der Waals surface area contributed by atoms with E-state index in [0.717, 1.165) is 22.3 Å². The van der Waals surface area contributed by atoms with Crippen LogP contribution in [0.5, 0.6) is 0 Å². The lowest BCUT2D eigenvalue weighted by atomic mass is 10.1. The Morgan fingerprint density at radius 1 is 1.15 bits per heavy atom. The average Bonchev–Trinajstić information content (AvgIpc) is 2.40. The summed E-state index contributed by atoms with van der Waals surface area (Å²) in [4.78, 5) is 0.269. The monoisotopic (exact) mass is 356 g/mol. The second-order valence-electron chi connectivity index (χ2n) is 4.16. The summed E-state index contributed by atoms with van der Waals surface area (Å²) in [6.07, 6.45) is 0. The van der Waals surface area contributed by atoms with Crippen LogP contribution < -0.4 is 11.1 Å². The van der Waals surface area contributed by atoms with Crippen LogP contribution in [0.15, 0.2) is 40.9 Å². The van der Waals surface area contributed by atoms with Crippen molar-refractivity contribution in [1.29, 1.82) is 0 Å². The summed E-state index contributed by atoms with van der Waals surface area (Å²) in [5.41, 5.74) is 7.70. The molecule has 0 atom stereocenters. The molecule has 0 bridgehead atoms. The lowest BCUT2D eigenvalue weighted by Crippen LogP contribution is -2.13. The van der Waals surface area contributed by atoms with E-state index in [1.165, 1.54) is 6.07 Å². The second kappa shape index (κ2) is 6.28.